The predicted octanol–water partition coefficient (Wildman–Crippen LogP) is 3.55. The van der Waals surface area contributed by atoms with Crippen LogP contribution in [-0.2, 0) is 11.2 Å². The fourth-order valence-corrected chi connectivity index (χ4v) is 3.34. The lowest BCUT2D eigenvalue weighted by atomic mass is 10.0. The molecule has 5 nitrogen and oxygen atoms in total. The van der Waals surface area contributed by atoms with Crippen molar-refractivity contribution >= 4 is 23.4 Å². The van der Waals surface area contributed by atoms with Gasteiger partial charge >= 0.3 is 0 Å². The van der Waals surface area contributed by atoms with Gasteiger partial charge in [-0.25, -0.2) is 4.98 Å². The molecule has 1 aliphatic heterocycles. The van der Waals surface area contributed by atoms with Gasteiger partial charge in [-0.2, -0.15) is 4.98 Å². The molecule has 2 N–H and O–H groups in total. The summed E-state index contributed by atoms with van der Waals surface area (Å²) in [5, 5.41) is 0.756. The number of benzene rings is 1. The van der Waals surface area contributed by atoms with E-state index in [0.29, 0.717) is 12.6 Å². The van der Waals surface area contributed by atoms with Crippen molar-refractivity contribution in [3.05, 3.63) is 46.1 Å². The summed E-state index contributed by atoms with van der Waals surface area (Å²) in [6, 6.07) is 8.19. The second kappa shape index (κ2) is 7.36. The Bertz CT molecular complexity index is 702. The highest BCUT2D eigenvalue weighted by atomic mass is 35.5. The molecule has 0 bridgehead atoms. The minimum absolute atomic E-state index is 0.0141. The van der Waals surface area contributed by atoms with Crippen LogP contribution in [0.2, 0.25) is 5.02 Å². The molecule has 1 unspecified atom stereocenters. The number of hydrogen-bond acceptors (Lipinski definition) is 5. The van der Waals surface area contributed by atoms with Crippen molar-refractivity contribution in [3.63, 3.8) is 0 Å². The SMILES string of the molecule is CCc1ccc(Cl)c(C2COCCCN2c2cc(C)nc(N)n2)c1. The van der Waals surface area contributed by atoms with Gasteiger partial charge in [0.2, 0.25) is 5.95 Å². The number of nitrogen functional groups attached to an aromatic ring is 1. The zero-order valence-corrected chi connectivity index (χ0v) is 14.9. The number of halogens is 1. The van der Waals surface area contributed by atoms with E-state index < -0.39 is 0 Å². The van der Waals surface area contributed by atoms with Gasteiger partial charge in [0.25, 0.3) is 0 Å². The number of ether oxygens (including phenoxy) is 1. The molecule has 1 saturated heterocycles. The average Bonchev–Trinajstić information content (AvgIpc) is 2.80. The molecule has 0 spiro atoms. The summed E-state index contributed by atoms with van der Waals surface area (Å²) < 4.78 is 5.83. The summed E-state index contributed by atoms with van der Waals surface area (Å²) in [5.41, 5.74) is 9.05. The first kappa shape index (κ1) is 17.0. The van der Waals surface area contributed by atoms with Crippen LogP contribution < -0.4 is 10.6 Å². The number of aryl methyl sites for hydroxylation is 2. The first-order valence-electron chi connectivity index (χ1n) is 8.32. The summed E-state index contributed by atoms with van der Waals surface area (Å²) >= 11 is 6.52. The Morgan fingerprint density at radius 2 is 2.17 bits per heavy atom. The van der Waals surface area contributed by atoms with Gasteiger partial charge in [-0.15, -0.1) is 0 Å². The van der Waals surface area contributed by atoms with Crippen molar-refractivity contribution in [1.29, 1.82) is 0 Å². The largest absolute Gasteiger partial charge is 0.379 e. The molecule has 1 atom stereocenters. The maximum absolute atomic E-state index is 6.52. The third-order valence-corrected chi connectivity index (χ3v) is 4.66. The van der Waals surface area contributed by atoms with E-state index in [9.17, 15) is 0 Å². The van der Waals surface area contributed by atoms with Crippen LogP contribution in [0.15, 0.2) is 24.3 Å². The van der Waals surface area contributed by atoms with Crippen LogP contribution in [-0.4, -0.2) is 29.7 Å². The first-order chi connectivity index (χ1) is 11.6. The van der Waals surface area contributed by atoms with Crippen LogP contribution in [0.25, 0.3) is 0 Å². The third kappa shape index (κ3) is 3.62. The third-order valence-electron chi connectivity index (χ3n) is 4.32. The number of anilines is 2. The molecule has 0 amide bonds. The van der Waals surface area contributed by atoms with E-state index in [0.717, 1.165) is 48.1 Å². The minimum Gasteiger partial charge on any atom is -0.379 e. The van der Waals surface area contributed by atoms with Crippen molar-refractivity contribution in [1.82, 2.24) is 9.97 Å². The van der Waals surface area contributed by atoms with Gasteiger partial charge in [0.15, 0.2) is 0 Å². The van der Waals surface area contributed by atoms with E-state index in [1.165, 1.54) is 5.56 Å². The summed E-state index contributed by atoms with van der Waals surface area (Å²) in [5.74, 6) is 1.12. The molecule has 1 aromatic carbocycles. The Labute approximate surface area is 147 Å². The molecule has 128 valence electrons. The van der Waals surface area contributed by atoms with Crippen LogP contribution in [0, 0.1) is 6.92 Å². The lowest BCUT2D eigenvalue weighted by molar-refractivity contribution is 0.134. The standard InChI is InChI=1S/C18H23ClN4O/c1-3-13-5-6-15(19)14(10-13)16-11-24-8-4-7-23(16)17-9-12(2)21-18(20)22-17/h5-6,9-10,16H,3-4,7-8,11H2,1-2H3,(H2,20,21,22). The van der Waals surface area contributed by atoms with Crippen LogP contribution in [0.5, 0.6) is 0 Å². The zero-order chi connectivity index (χ0) is 17.1. The highest BCUT2D eigenvalue weighted by Gasteiger charge is 2.27. The smallest absolute Gasteiger partial charge is 0.222 e. The maximum Gasteiger partial charge on any atom is 0.222 e. The number of nitrogens with two attached hydrogens (primary N) is 1. The average molecular weight is 347 g/mol. The zero-order valence-electron chi connectivity index (χ0n) is 14.1. The number of aromatic nitrogens is 2. The number of hydrogen-bond donors (Lipinski definition) is 1. The molecule has 0 radical (unpaired) electrons. The lowest BCUT2D eigenvalue weighted by Gasteiger charge is -2.31. The van der Waals surface area contributed by atoms with E-state index in [1.807, 2.05) is 19.1 Å². The molecule has 0 aliphatic carbocycles. The highest BCUT2D eigenvalue weighted by molar-refractivity contribution is 6.31. The van der Waals surface area contributed by atoms with Crippen molar-refractivity contribution in [2.45, 2.75) is 32.7 Å². The van der Waals surface area contributed by atoms with E-state index in [-0.39, 0.29) is 6.04 Å². The molecule has 2 heterocycles. The van der Waals surface area contributed by atoms with Crippen molar-refractivity contribution < 1.29 is 4.74 Å². The molecular formula is C18H23ClN4O. The summed E-state index contributed by atoms with van der Waals surface area (Å²) in [6.45, 7) is 6.22. The van der Waals surface area contributed by atoms with Gasteiger partial charge in [0, 0.05) is 29.9 Å². The molecule has 0 saturated carbocycles. The number of nitrogens with zero attached hydrogens (tertiary/aromatic N) is 3. The van der Waals surface area contributed by atoms with Crippen LogP contribution in [0.3, 0.4) is 0 Å². The Hall–Kier alpha value is -1.85. The van der Waals surface area contributed by atoms with E-state index >= 15 is 0 Å². The summed E-state index contributed by atoms with van der Waals surface area (Å²) in [4.78, 5) is 10.9. The quantitative estimate of drug-likeness (QED) is 0.920. The Kier molecular flexibility index (Phi) is 5.21. The van der Waals surface area contributed by atoms with E-state index in [2.05, 4.69) is 33.9 Å². The van der Waals surface area contributed by atoms with E-state index in [4.69, 9.17) is 22.1 Å². The number of rotatable bonds is 3. The molecule has 3 rings (SSSR count). The van der Waals surface area contributed by atoms with Gasteiger partial charge < -0.3 is 15.4 Å². The topological polar surface area (TPSA) is 64.3 Å². The van der Waals surface area contributed by atoms with Gasteiger partial charge in [-0.3, -0.25) is 0 Å². The summed E-state index contributed by atoms with van der Waals surface area (Å²) in [6.07, 6.45) is 1.90. The first-order valence-corrected chi connectivity index (χ1v) is 8.70. The second-order valence-electron chi connectivity index (χ2n) is 6.07. The summed E-state index contributed by atoms with van der Waals surface area (Å²) in [7, 11) is 0. The fourth-order valence-electron chi connectivity index (χ4n) is 3.10. The molecule has 1 fully saturated rings. The van der Waals surface area contributed by atoms with Crippen molar-refractivity contribution in [3.8, 4) is 0 Å². The molecule has 24 heavy (non-hydrogen) atoms. The van der Waals surface area contributed by atoms with Crippen LogP contribution >= 0.6 is 11.6 Å². The highest BCUT2D eigenvalue weighted by Crippen LogP contribution is 2.33. The minimum atomic E-state index is 0.0141. The molecule has 2 aromatic rings. The Morgan fingerprint density at radius 3 is 2.92 bits per heavy atom. The fraction of sp³-hybridized carbons (Fsp3) is 0.444. The van der Waals surface area contributed by atoms with Crippen LogP contribution in [0.4, 0.5) is 11.8 Å². The Balaban J connectivity index is 2.05. The second-order valence-corrected chi connectivity index (χ2v) is 6.48. The molecule has 1 aromatic heterocycles. The Morgan fingerprint density at radius 1 is 1.33 bits per heavy atom. The monoisotopic (exact) mass is 346 g/mol. The molecule has 1 aliphatic rings. The molecule has 6 heteroatoms. The van der Waals surface area contributed by atoms with Crippen LogP contribution in [0.1, 0.15) is 36.2 Å². The normalized spacial score (nSPS) is 18.5. The predicted molar refractivity (Wildman–Crippen MR) is 97.5 cm³/mol. The van der Waals surface area contributed by atoms with Crippen molar-refractivity contribution in [2.75, 3.05) is 30.4 Å². The van der Waals surface area contributed by atoms with Crippen molar-refractivity contribution in [2.24, 2.45) is 0 Å². The molecular weight excluding hydrogens is 324 g/mol. The lowest BCUT2D eigenvalue weighted by Crippen LogP contribution is -2.32. The van der Waals surface area contributed by atoms with Gasteiger partial charge in [-0.05, 0) is 37.0 Å². The van der Waals surface area contributed by atoms with E-state index in [1.54, 1.807) is 0 Å². The van der Waals surface area contributed by atoms with Gasteiger partial charge in [-0.1, -0.05) is 30.7 Å². The van der Waals surface area contributed by atoms with Gasteiger partial charge in [0.1, 0.15) is 5.82 Å². The van der Waals surface area contributed by atoms with Gasteiger partial charge in [0.05, 0.1) is 12.6 Å². The maximum atomic E-state index is 6.52.